The number of H-pyrrole nitrogens is 1. The first-order valence-corrected chi connectivity index (χ1v) is 9.11. The van der Waals surface area contributed by atoms with Gasteiger partial charge in [-0.1, -0.05) is 30.2 Å². The summed E-state index contributed by atoms with van der Waals surface area (Å²) in [5, 5.41) is 1.23. The number of fused-ring (bicyclic) bond motifs is 3. The van der Waals surface area contributed by atoms with Gasteiger partial charge in [0.25, 0.3) is 5.91 Å². The maximum absolute atomic E-state index is 12.7. The van der Waals surface area contributed by atoms with E-state index in [-0.39, 0.29) is 11.9 Å². The summed E-state index contributed by atoms with van der Waals surface area (Å²) in [4.78, 5) is 18.2. The summed E-state index contributed by atoms with van der Waals surface area (Å²) in [5.74, 6) is 6.17. The summed E-state index contributed by atoms with van der Waals surface area (Å²) in [5.41, 5.74) is 5.59. The van der Waals surface area contributed by atoms with E-state index >= 15 is 0 Å². The monoisotopic (exact) mass is 358 g/mol. The van der Waals surface area contributed by atoms with Gasteiger partial charge in [-0.3, -0.25) is 4.79 Å². The fraction of sp³-hybridized carbons (Fsp3) is 0.261. The van der Waals surface area contributed by atoms with Crippen molar-refractivity contribution in [2.24, 2.45) is 0 Å². The largest absolute Gasteiger partial charge is 0.496 e. The molecule has 0 fully saturated rings. The van der Waals surface area contributed by atoms with Crippen molar-refractivity contribution in [3.05, 3.63) is 64.8 Å². The summed E-state index contributed by atoms with van der Waals surface area (Å²) < 4.78 is 5.41. The minimum Gasteiger partial charge on any atom is -0.496 e. The number of nitrogens with zero attached hydrogens (tertiary/aromatic N) is 1. The van der Waals surface area contributed by atoms with Gasteiger partial charge in [0, 0.05) is 23.1 Å². The zero-order valence-corrected chi connectivity index (χ0v) is 15.8. The molecule has 1 aliphatic rings. The fourth-order valence-electron chi connectivity index (χ4n) is 4.06. The Bertz CT molecular complexity index is 1080. The lowest BCUT2D eigenvalue weighted by Gasteiger charge is -2.35. The molecule has 1 atom stereocenters. The van der Waals surface area contributed by atoms with E-state index in [0.717, 1.165) is 34.5 Å². The lowest BCUT2D eigenvalue weighted by Crippen LogP contribution is -2.40. The molecule has 1 amide bonds. The molecule has 27 heavy (non-hydrogen) atoms. The highest BCUT2D eigenvalue weighted by Gasteiger charge is 2.34. The SMILES string of the molecule is CC#CC(=O)N1CCc2c([nH]c3ccccc23)[C@@H]1c1ccc(OC)c(C)c1. The fourth-order valence-corrected chi connectivity index (χ4v) is 4.06. The number of carbonyl (C=O) groups excluding carboxylic acids is 1. The molecule has 2 heterocycles. The van der Waals surface area contributed by atoms with Gasteiger partial charge in [-0.25, -0.2) is 0 Å². The van der Waals surface area contributed by atoms with Crippen molar-refractivity contribution < 1.29 is 9.53 Å². The van der Waals surface area contributed by atoms with Crippen LogP contribution in [0.4, 0.5) is 0 Å². The van der Waals surface area contributed by atoms with Crippen molar-refractivity contribution in [1.29, 1.82) is 0 Å². The number of carbonyl (C=O) groups is 1. The summed E-state index contributed by atoms with van der Waals surface area (Å²) >= 11 is 0. The van der Waals surface area contributed by atoms with E-state index in [1.54, 1.807) is 14.0 Å². The highest BCUT2D eigenvalue weighted by Crippen LogP contribution is 2.39. The van der Waals surface area contributed by atoms with Gasteiger partial charge >= 0.3 is 0 Å². The van der Waals surface area contributed by atoms with Gasteiger partial charge in [-0.2, -0.15) is 0 Å². The molecule has 3 aromatic rings. The van der Waals surface area contributed by atoms with Crippen LogP contribution >= 0.6 is 0 Å². The van der Waals surface area contributed by atoms with Crippen LogP contribution in [0.25, 0.3) is 10.9 Å². The van der Waals surface area contributed by atoms with E-state index in [4.69, 9.17) is 4.74 Å². The number of ether oxygens (including phenoxy) is 1. The summed E-state index contributed by atoms with van der Waals surface area (Å²) in [6.07, 6.45) is 0.822. The molecule has 136 valence electrons. The van der Waals surface area contributed by atoms with Crippen LogP contribution in [0.2, 0.25) is 0 Å². The van der Waals surface area contributed by atoms with E-state index in [1.807, 2.05) is 30.0 Å². The molecule has 2 aromatic carbocycles. The van der Waals surface area contributed by atoms with Gasteiger partial charge in [0.15, 0.2) is 0 Å². The number of aryl methyl sites for hydroxylation is 1. The number of methoxy groups -OCH3 is 1. The minimum atomic E-state index is -0.181. The van der Waals surface area contributed by atoms with Gasteiger partial charge < -0.3 is 14.6 Å². The van der Waals surface area contributed by atoms with Crippen LogP contribution < -0.4 is 4.74 Å². The molecule has 0 saturated carbocycles. The normalized spacial score (nSPS) is 15.8. The van der Waals surface area contributed by atoms with Crippen LogP contribution in [-0.4, -0.2) is 29.4 Å². The molecule has 1 aliphatic heterocycles. The number of benzene rings is 2. The molecule has 1 N–H and O–H groups in total. The Hall–Kier alpha value is -3.19. The molecule has 0 bridgehead atoms. The van der Waals surface area contributed by atoms with Crippen LogP contribution in [0.5, 0.6) is 5.75 Å². The second-order valence-electron chi connectivity index (χ2n) is 6.82. The molecule has 1 aromatic heterocycles. The highest BCUT2D eigenvalue weighted by atomic mass is 16.5. The maximum atomic E-state index is 12.7. The Morgan fingerprint density at radius 2 is 2.07 bits per heavy atom. The number of nitrogens with one attached hydrogen (secondary N) is 1. The number of hydrogen-bond donors (Lipinski definition) is 1. The minimum absolute atomic E-state index is 0.139. The molecule has 4 nitrogen and oxygen atoms in total. The van der Waals surface area contributed by atoms with E-state index in [9.17, 15) is 4.79 Å². The molecular weight excluding hydrogens is 336 g/mol. The predicted molar refractivity (Wildman–Crippen MR) is 107 cm³/mol. The number of para-hydroxylation sites is 1. The van der Waals surface area contributed by atoms with Crippen LogP contribution in [0.1, 0.15) is 35.3 Å². The van der Waals surface area contributed by atoms with Crippen molar-refractivity contribution in [1.82, 2.24) is 9.88 Å². The third kappa shape index (κ3) is 2.86. The molecule has 4 heteroatoms. The third-order valence-electron chi connectivity index (χ3n) is 5.26. The number of hydrogen-bond acceptors (Lipinski definition) is 2. The van der Waals surface area contributed by atoms with Crippen molar-refractivity contribution >= 4 is 16.8 Å². The molecule has 4 rings (SSSR count). The zero-order chi connectivity index (χ0) is 19.0. The van der Waals surface area contributed by atoms with E-state index in [2.05, 4.69) is 41.1 Å². The Morgan fingerprint density at radius 3 is 2.81 bits per heavy atom. The second kappa shape index (κ2) is 6.85. The Labute approximate surface area is 159 Å². The van der Waals surface area contributed by atoms with Gasteiger partial charge in [0.05, 0.1) is 13.2 Å². The van der Waals surface area contributed by atoms with E-state index in [0.29, 0.717) is 6.54 Å². The molecule has 0 spiro atoms. The number of rotatable bonds is 2. The number of aromatic nitrogens is 1. The average molecular weight is 358 g/mol. The van der Waals surface area contributed by atoms with Crippen LogP contribution in [-0.2, 0) is 11.2 Å². The van der Waals surface area contributed by atoms with Crippen molar-refractivity contribution in [3.63, 3.8) is 0 Å². The number of aromatic amines is 1. The summed E-state index contributed by atoms with van der Waals surface area (Å²) in [6, 6.07) is 14.2. The quantitative estimate of drug-likeness (QED) is 0.704. The van der Waals surface area contributed by atoms with Crippen molar-refractivity contribution in [2.45, 2.75) is 26.3 Å². The topological polar surface area (TPSA) is 45.3 Å². The molecule has 0 saturated heterocycles. The van der Waals surface area contributed by atoms with Gasteiger partial charge in [0.1, 0.15) is 5.75 Å². The summed E-state index contributed by atoms with van der Waals surface area (Å²) in [7, 11) is 1.67. The van der Waals surface area contributed by atoms with Gasteiger partial charge in [0.2, 0.25) is 0 Å². The Balaban J connectivity index is 1.91. The first-order chi connectivity index (χ1) is 13.1. The van der Waals surface area contributed by atoms with E-state index < -0.39 is 0 Å². The van der Waals surface area contributed by atoms with Gasteiger partial charge in [-0.05, 0) is 61.1 Å². The standard InChI is InChI=1S/C23H22N2O2/c1-4-7-21(26)25-13-12-18-17-8-5-6-9-19(17)24-22(18)23(25)16-10-11-20(27-3)15(2)14-16/h5-6,8-11,14,23-24H,12-13H2,1-3H3/t23-/m0/s1. The Morgan fingerprint density at radius 1 is 1.26 bits per heavy atom. The smallest absolute Gasteiger partial charge is 0.299 e. The van der Waals surface area contributed by atoms with E-state index in [1.165, 1.54) is 10.9 Å². The first-order valence-electron chi connectivity index (χ1n) is 9.11. The molecule has 0 radical (unpaired) electrons. The lowest BCUT2D eigenvalue weighted by molar-refractivity contribution is -0.127. The second-order valence-corrected chi connectivity index (χ2v) is 6.82. The van der Waals surface area contributed by atoms with Crippen molar-refractivity contribution in [2.75, 3.05) is 13.7 Å². The average Bonchev–Trinajstić information content (AvgIpc) is 3.06. The zero-order valence-electron chi connectivity index (χ0n) is 15.8. The molecular formula is C23H22N2O2. The predicted octanol–water partition coefficient (Wildman–Crippen LogP) is 3.98. The first kappa shape index (κ1) is 17.2. The van der Waals surface area contributed by atoms with Crippen LogP contribution in [0.15, 0.2) is 42.5 Å². The lowest BCUT2D eigenvalue weighted by atomic mass is 9.91. The Kier molecular flexibility index (Phi) is 4.37. The highest BCUT2D eigenvalue weighted by molar-refractivity contribution is 5.95. The maximum Gasteiger partial charge on any atom is 0.299 e. The molecule has 0 aliphatic carbocycles. The third-order valence-corrected chi connectivity index (χ3v) is 5.26. The number of amides is 1. The van der Waals surface area contributed by atoms with Crippen LogP contribution in [0, 0.1) is 18.8 Å². The molecule has 0 unspecified atom stereocenters. The van der Waals surface area contributed by atoms with Crippen molar-refractivity contribution in [3.8, 4) is 17.6 Å². The summed E-state index contributed by atoms with van der Waals surface area (Å²) in [6.45, 7) is 4.37. The van der Waals surface area contributed by atoms with Crippen LogP contribution in [0.3, 0.4) is 0 Å². The van der Waals surface area contributed by atoms with Gasteiger partial charge in [-0.15, -0.1) is 0 Å².